The molecule has 0 fully saturated rings. The second-order valence-corrected chi connectivity index (χ2v) is 8.01. The number of hydrogen-bond donors (Lipinski definition) is 1. The highest BCUT2D eigenvalue weighted by atomic mass is 35.5. The number of fused-ring (bicyclic) bond motifs is 5. The van der Waals surface area contributed by atoms with Gasteiger partial charge in [0.15, 0.2) is 5.69 Å². The SMILES string of the molecule is COc1ccc(-n2c[n+]3ccc4c5ccccc5[nH]c4c3c2-c2ccc(Cl)cc2)cc1. The van der Waals surface area contributed by atoms with Gasteiger partial charge >= 0.3 is 0 Å². The van der Waals surface area contributed by atoms with Crippen LogP contribution in [0.2, 0.25) is 5.02 Å². The minimum Gasteiger partial charge on any atom is -0.497 e. The van der Waals surface area contributed by atoms with Crippen LogP contribution in [0.1, 0.15) is 0 Å². The van der Waals surface area contributed by atoms with Gasteiger partial charge in [-0.05, 0) is 60.7 Å². The maximum Gasteiger partial charge on any atom is 0.254 e. The molecule has 0 aliphatic rings. The molecule has 150 valence electrons. The largest absolute Gasteiger partial charge is 0.497 e. The smallest absolute Gasteiger partial charge is 0.254 e. The monoisotopic (exact) mass is 424 g/mol. The number of aromatic nitrogens is 3. The standard InChI is InChI=1S/C26H19ClN3O/c1-31-20-12-10-19(11-13-20)30-16-29-15-14-22-21-4-2-3-5-23(21)28-24(22)26(29)25(30)17-6-8-18(27)9-7-17/h2-16,28H,1H3/q+1. The molecule has 0 saturated heterocycles. The lowest BCUT2D eigenvalue weighted by atomic mass is 10.1. The Morgan fingerprint density at radius 2 is 1.65 bits per heavy atom. The van der Waals surface area contributed by atoms with E-state index in [2.05, 4.69) is 81.1 Å². The minimum absolute atomic E-state index is 0.721. The Morgan fingerprint density at radius 3 is 2.42 bits per heavy atom. The first kappa shape index (κ1) is 18.0. The number of hydrogen-bond acceptors (Lipinski definition) is 1. The fraction of sp³-hybridized carbons (Fsp3) is 0.0385. The van der Waals surface area contributed by atoms with Crippen LogP contribution in [0.25, 0.3) is 44.3 Å². The summed E-state index contributed by atoms with van der Waals surface area (Å²) in [5, 5.41) is 3.15. The number of rotatable bonds is 3. The van der Waals surface area contributed by atoms with Gasteiger partial charge in [-0.25, -0.2) is 0 Å². The molecule has 0 bridgehead atoms. The van der Waals surface area contributed by atoms with Crippen LogP contribution in [0.15, 0.2) is 91.4 Å². The number of H-pyrrole nitrogens is 1. The highest BCUT2D eigenvalue weighted by Gasteiger charge is 2.25. The second-order valence-electron chi connectivity index (χ2n) is 7.57. The molecule has 4 nitrogen and oxygen atoms in total. The number of pyridine rings is 1. The van der Waals surface area contributed by atoms with E-state index in [9.17, 15) is 0 Å². The highest BCUT2D eigenvalue weighted by Crippen LogP contribution is 2.34. The zero-order valence-corrected chi connectivity index (χ0v) is 17.6. The number of aromatic amines is 1. The normalized spacial score (nSPS) is 11.5. The van der Waals surface area contributed by atoms with Crippen LogP contribution in [0.3, 0.4) is 0 Å². The van der Waals surface area contributed by atoms with Gasteiger partial charge in [0.05, 0.1) is 18.8 Å². The number of para-hydroxylation sites is 1. The van der Waals surface area contributed by atoms with Crippen molar-refractivity contribution in [2.75, 3.05) is 7.11 Å². The number of ether oxygens (including phenoxy) is 1. The molecule has 0 saturated carbocycles. The van der Waals surface area contributed by atoms with Gasteiger partial charge < -0.3 is 9.72 Å². The average molecular weight is 425 g/mol. The van der Waals surface area contributed by atoms with E-state index in [1.165, 1.54) is 10.8 Å². The lowest BCUT2D eigenvalue weighted by Gasteiger charge is -2.04. The summed E-state index contributed by atoms with van der Waals surface area (Å²) in [6.45, 7) is 0. The van der Waals surface area contributed by atoms with Gasteiger partial charge in [0.25, 0.3) is 6.33 Å². The topological polar surface area (TPSA) is 34.0 Å². The van der Waals surface area contributed by atoms with Crippen molar-refractivity contribution in [3.05, 3.63) is 96.4 Å². The van der Waals surface area contributed by atoms with Gasteiger partial charge in [-0.1, -0.05) is 29.8 Å². The molecule has 0 radical (unpaired) electrons. The molecule has 5 heteroatoms. The van der Waals surface area contributed by atoms with Gasteiger partial charge in [-0.15, -0.1) is 0 Å². The lowest BCUT2D eigenvalue weighted by molar-refractivity contribution is -0.510. The zero-order chi connectivity index (χ0) is 20.9. The van der Waals surface area contributed by atoms with Gasteiger partial charge in [-0.2, -0.15) is 8.97 Å². The molecule has 0 aliphatic heterocycles. The molecule has 0 spiro atoms. The maximum atomic E-state index is 6.20. The van der Waals surface area contributed by atoms with Gasteiger partial charge in [-0.3, -0.25) is 0 Å². The summed E-state index contributed by atoms with van der Waals surface area (Å²) in [6, 6.07) is 26.7. The molecule has 6 aromatic rings. The van der Waals surface area contributed by atoms with E-state index in [0.717, 1.165) is 44.3 Å². The highest BCUT2D eigenvalue weighted by molar-refractivity contribution is 6.30. The molecule has 0 unspecified atom stereocenters. The van der Waals surface area contributed by atoms with Crippen LogP contribution in [0, 0.1) is 0 Å². The van der Waals surface area contributed by atoms with Crippen LogP contribution in [0.5, 0.6) is 5.75 Å². The predicted molar refractivity (Wildman–Crippen MR) is 125 cm³/mol. The van der Waals surface area contributed by atoms with Gasteiger partial charge in [0.1, 0.15) is 11.4 Å². The van der Waals surface area contributed by atoms with Crippen molar-refractivity contribution in [1.29, 1.82) is 0 Å². The summed E-state index contributed by atoms with van der Waals surface area (Å²) < 4.78 is 9.73. The molecule has 0 aliphatic carbocycles. The minimum atomic E-state index is 0.721. The molecule has 3 aromatic heterocycles. The molecule has 1 N–H and O–H groups in total. The van der Waals surface area contributed by atoms with Crippen LogP contribution >= 0.6 is 11.6 Å². The second kappa shape index (κ2) is 6.89. The van der Waals surface area contributed by atoms with Gasteiger partial charge in [0, 0.05) is 26.9 Å². The van der Waals surface area contributed by atoms with E-state index in [-0.39, 0.29) is 0 Å². The Morgan fingerprint density at radius 1 is 0.871 bits per heavy atom. The molecule has 3 aromatic carbocycles. The zero-order valence-electron chi connectivity index (χ0n) is 16.8. The Labute approximate surface area is 183 Å². The molecule has 0 atom stereocenters. The summed E-state index contributed by atoms with van der Waals surface area (Å²) in [4.78, 5) is 3.65. The Balaban J connectivity index is 1.74. The van der Waals surface area contributed by atoms with Crippen molar-refractivity contribution in [2.45, 2.75) is 0 Å². The first-order chi connectivity index (χ1) is 15.2. The van der Waals surface area contributed by atoms with Crippen molar-refractivity contribution >= 4 is 38.9 Å². The summed E-state index contributed by atoms with van der Waals surface area (Å²) in [5.74, 6) is 0.833. The predicted octanol–water partition coefficient (Wildman–Crippen LogP) is 6.18. The molecule has 3 heterocycles. The Bertz CT molecular complexity index is 1560. The number of nitrogens with zero attached hydrogens (tertiary/aromatic N) is 2. The van der Waals surface area contributed by atoms with Crippen molar-refractivity contribution in [1.82, 2.24) is 9.55 Å². The summed E-state index contributed by atoms with van der Waals surface area (Å²) in [5.41, 5.74) is 6.60. The molecule has 0 amide bonds. The number of imidazole rings is 1. The third-order valence-corrected chi connectivity index (χ3v) is 6.07. The number of methoxy groups -OCH3 is 1. The number of nitrogens with one attached hydrogen (secondary N) is 1. The molecule has 31 heavy (non-hydrogen) atoms. The van der Waals surface area contributed by atoms with Crippen molar-refractivity contribution in [3.63, 3.8) is 0 Å². The van der Waals surface area contributed by atoms with Crippen LogP contribution in [-0.4, -0.2) is 16.7 Å². The maximum absolute atomic E-state index is 6.20. The summed E-state index contributed by atoms with van der Waals surface area (Å²) in [6.07, 6.45) is 4.24. The van der Waals surface area contributed by atoms with Crippen LogP contribution in [-0.2, 0) is 0 Å². The fourth-order valence-corrected chi connectivity index (χ4v) is 4.46. The fourth-order valence-electron chi connectivity index (χ4n) is 4.34. The van der Waals surface area contributed by atoms with E-state index in [1.54, 1.807) is 7.11 Å². The van der Waals surface area contributed by atoms with E-state index in [1.807, 2.05) is 24.3 Å². The molecular weight excluding hydrogens is 406 g/mol. The first-order valence-corrected chi connectivity index (χ1v) is 10.5. The van der Waals surface area contributed by atoms with E-state index in [4.69, 9.17) is 16.3 Å². The van der Waals surface area contributed by atoms with Crippen molar-refractivity contribution in [2.24, 2.45) is 0 Å². The lowest BCUT2D eigenvalue weighted by Crippen LogP contribution is -2.17. The van der Waals surface area contributed by atoms with E-state index in [0.29, 0.717) is 0 Å². The van der Waals surface area contributed by atoms with Crippen LogP contribution < -0.4 is 9.14 Å². The quantitative estimate of drug-likeness (QED) is 0.338. The van der Waals surface area contributed by atoms with E-state index < -0.39 is 0 Å². The number of halogens is 1. The Kier molecular flexibility index (Phi) is 4.01. The third-order valence-electron chi connectivity index (χ3n) is 5.82. The van der Waals surface area contributed by atoms with E-state index >= 15 is 0 Å². The Hall–Kier alpha value is -3.76. The molecular formula is C26H19ClN3O+. The van der Waals surface area contributed by atoms with Crippen molar-refractivity contribution < 1.29 is 9.14 Å². The number of benzene rings is 3. The first-order valence-electron chi connectivity index (χ1n) is 10.1. The summed E-state index contributed by atoms with van der Waals surface area (Å²) >= 11 is 6.20. The third kappa shape index (κ3) is 2.80. The van der Waals surface area contributed by atoms with Crippen LogP contribution in [0.4, 0.5) is 0 Å². The van der Waals surface area contributed by atoms with Crippen molar-refractivity contribution in [3.8, 4) is 22.7 Å². The molecule has 6 rings (SSSR count). The van der Waals surface area contributed by atoms with Gasteiger partial charge in [0.2, 0.25) is 5.52 Å². The average Bonchev–Trinajstić information content (AvgIpc) is 3.38. The summed E-state index contributed by atoms with van der Waals surface area (Å²) in [7, 11) is 1.68.